The Morgan fingerprint density at radius 1 is 1.35 bits per heavy atom. The van der Waals surface area contributed by atoms with Crippen molar-refractivity contribution in [2.75, 3.05) is 33.9 Å². The number of likely N-dealkylation sites (N-methyl/N-ethyl adjacent to an activating group) is 1. The van der Waals surface area contributed by atoms with Crippen LogP contribution in [-0.4, -0.2) is 50.7 Å². The highest BCUT2D eigenvalue weighted by molar-refractivity contribution is 5.79. The van der Waals surface area contributed by atoms with Gasteiger partial charge in [0.25, 0.3) is 0 Å². The van der Waals surface area contributed by atoms with E-state index in [0.29, 0.717) is 13.2 Å². The molecule has 2 rings (SSSR count). The second-order valence-corrected chi connectivity index (χ2v) is 5.41. The van der Waals surface area contributed by atoms with Gasteiger partial charge >= 0.3 is 0 Å². The van der Waals surface area contributed by atoms with Gasteiger partial charge in [-0.2, -0.15) is 0 Å². The molecule has 0 aromatic carbocycles. The molecule has 1 aliphatic carbocycles. The molecule has 2 unspecified atom stereocenters. The number of hydrogen-bond acceptors (Lipinski definition) is 3. The highest BCUT2D eigenvalue weighted by Crippen LogP contribution is 2.26. The highest BCUT2D eigenvalue weighted by Gasteiger charge is 2.35. The molecule has 2 aliphatic rings. The van der Waals surface area contributed by atoms with Crippen LogP contribution in [0.1, 0.15) is 25.7 Å². The Kier molecular flexibility index (Phi) is 4.40. The van der Waals surface area contributed by atoms with Crippen LogP contribution in [0.2, 0.25) is 0 Å². The van der Waals surface area contributed by atoms with E-state index in [-0.39, 0.29) is 17.9 Å². The van der Waals surface area contributed by atoms with Crippen LogP contribution in [0.5, 0.6) is 0 Å². The lowest BCUT2D eigenvalue weighted by Crippen LogP contribution is -2.44. The van der Waals surface area contributed by atoms with Crippen molar-refractivity contribution < 1.29 is 9.53 Å². The van der Waals surface area contributed by atoms with E-state index in [1.165, 1.54) is 25.7 Å². The molecular formula is C13H24N2O2. The molecule has 1 saturated heterocycles. The van der Waals surface area contributed by atoms with Gasteiger partial charge in [0.05, 0.1) is 19.1 Å². The molecule has 0 spiro atoms. The summed E-state index contributed by atoms with van der Waals surface area (Å²) in [5, 5.41) is 3.17. The van der Waals surface area contributed by atoms with Gasteiger partial charge in [0.2, 0.25) is 5.91 Å². The Bertz CT molecular complexity index is 264. The summed E-state index contributed by atoms with van der Waals surface area (Å²) in [6.45, 7) is 2.15. The van der Waals surface area contributed by atoms with Gasteiger partial charge in [0.1, 0.15) is 0 Å². The van der Waals surface area contributed by atoms with E-state index in [1.807, 2.05) is 19.0 Å². The number of nitrogens with one attached hydrogen (secondary N) is 1. The molecule has 4 heteroatoms. The van der Waals surface area contributed by atoms with Crippen LogP contribution in [0.15, 0.2) is 0 Å². The number of amides is 1. The summed E-state index contributed by atoms with van der Waals surface area (Å²) in [4.78, 5) is 14.2. The van der Waals surface area contributed by atoms with E-state index < -0.39 is 0 Å². The molecule has 0 radical (unpaired) electrons. The molecule has 1 N–H and O–H groups in total. The van der Waals surface area contributed by atoms with Gasteiger partial charge in [-0.3, -0.25) is 4.79 Å². The van der Waals surface area contributed by atoms with Crippen LogP contribution in [0.3, 0.4) is 0 Å². The van der Waals surface area contributed by atoms with Gasteiger partial charge in [-0.15, -0.1) is 0 Å². The maximum absolute atomic E-state index is 12.3. The zero-order chi connectivity index (χ0) is 12.3. The number of rotatable bonds is 4. The molecule has 1 saturated carbocycles. The van der Waals surface area contributed by atoms with Crippen molar-refractivity contribution in [2.24, 2.45) is 11.8 Å². The van der Waals surface area contributed by atoms with E-state index in [4.69, 9.17) is 4.74 Å². The Labute approximate surface area is 104 Å². The Hall–Kier alpha value is -0.610. The minimum atomic E-state index is 0.00593. The standard InChI is InChI=1S/C13H24N2O2/c1-14-12-9-17-8-11(12)13(16)15(2)7-10-5-3-4-6-10/h10-12,14H,3-9H2,1-2H3. The zero-order valence-electron chi connectivity index (χ0n) is 10.9. The smallest absolute Gasteiger partial charge is 0.229 e. The first-order valence-electron chi connectivity index (χ1n) is 6.72. The normalized spacial score (nSPS) is 29.8. The quantitative estimate of drug-likeness (QED) is 0.793. The van der Waals surface area contributed by atoms with Gasteiger partial charge in [-0.05, 0) is 25.8 Å². The van der Waals surface area contributed by atoms with Gasteiger partial charge < -0.3 is 15.0 Å². The molecule has 4 nitrogen and oxygen atoms in total. The largest absolute Gasteiger partial charge is 0.379 e. The fraction of sp³-hybridized carbons (Fsp3) is 0.923. The number of nitrogens with zero attached hydrogens (tertiary/aromatic N) is 1. The monoisotopic (exact) mass is 240 g/mol. The van der Waals surface area contributed by atoms with Crippen molar-refractivity contribution in [2.45, 2.75) is 31.7 Å². The van der Waals surface area contributed by atoms with E-state index in [2.05, 4.69) is 5.32 Å². The summed E-state index contributed by atoms with van der Waals surface area (Å²) < 4.78 is 5.39. The second-order valence-electron chi connectivity index (χ2n) is 5.41. The lowest BCUT2D eigenvalue weighted by Gasteiger charge is -2.26. The summed E-state index contributed by atoms with van der Waals surface area (Å²) in [5.74, 6) is 0.972. The third kappa shape index (κ3) is 2.99. The first-order valence-corrected chi connectivity index (χ1v) is 6.72. The predicted octanol–water partition coefficient (Wildman–Crippen LogP) is 0.869. The van der Waals surface area contributed by atoms with Gasteiger partial charge in [-0.25, -0.2) is 0 Å². The van der Waals surface area contributed by atoms with Crippen LogP contribution in [0.4, 0.5) is 0 Å². The molecule has 1 amide bonds. The molecule has 0 aromatic rings. The van der Waals surface area contributed by atoms with Gasteiger partial charge in [-0.1, -0.05) is 12.8 Å². The Morgan fingerprint density at radius 3 is 2.71 bits per heavy atom. The second kappa shape index (κ2) is 5.83. The third-order valence-electron chi connectivity index (χ3n) is 4.15. The minimum Gasteiger partial charge on any atom is -0.379 e. The van der Waals surface area contributed by atoms with Crippen molar-refractivity contribution in [1.29, 1.82) is 0 Å². The summed E-state index contributed by atoms with van der Waals surface area (Å²) in [6, 6.07) is 0.188. The summed E-state index contributed by atoms with van der Waals surface area (Å²) >= 11 is 0. The molecular weight excluding hydrogens is 216 g/mol. The molecule has 0 aromatic heterocycles. The van der Waals surface area contributed by atoms with Crippen LogP contribution in [0.25, 0.3) is 0 Å². The van der Waals surface area contributed by atoms with E-state index >= 15 is 0 Å². The number of carbonyl (C=O) groups is 1. The molecule has 2 fully saturated rings. The third-order valence-corrected chi connectivity index (χ3v) is 4.15. The number of hydrogen-bond donors (Lipinski definition) is 1. The van der Waals surface area contributed by atoms with Crippen molar-refractivity contribution in [3.05, 3.63) is 0 Å². The zero-order valence-corrected chi connectivity index (χ0v) is 10.9. The first-order chi connectivity index (χ1) is 8.22. The average molecular weight is 240 g/mol. The fourth-order valence-corrected chi connectivity index (χ4v) is 3.04. The van der Waals surface area contributed by atoms with E-state index in [1.54, 1.807) is 0 Å². The first kappa shape index (κ1) is 12.8. The average Bonchev–Trinajstić information content (AvgIpc) is 2.97. The Balaban J connectivity index is 1.85. The maximum atomic E-state index is 12.3. The highest BCUT2D eigenvalue weighted by atomic mass is 16.5. The maximum Gasteiger partial charge on any atom is 0.229 e. The fourth-order valence-electron chi connectivity index (χ4n) is 3.04. The molecule has 17 heavy (non-hydrogen) atoms. The molecule has 1 aliphatic heterocycles. The van der Waals surface area contributed by atoms with E-state index in [9.17, 15) is 4.79 Å². The van der Waals surface area contributed by atoms with Crippen molar-refractivity contribution in [1.82, 2.24) is 10.2 Å². The van der Waals surface area contributed by atoms with Gasteiger partial charge in [0.15, 0.2) is 0 Å². The van der Waals surface area contributed by atoms with Crippen molar-refractivity contribution in [3.8, 4) is 0 Å². The number of carbonyl (C=O) groups excluding carboxylic acids is 1. The van der Waals surface area contributed by atoms with Crippen LogP contribution in [-0.2, 0) is 9.53 Å². The van der Waals surface area contributed by atoms with Crippen molar-refractivity contribution in [3.63, 3.8) is 0 Å². The lowest BCUT2D eigenvalue weighted by atomic mass is 10.0. The Morgan fingerprint density at radius 2 is 2.06 bits per heavy atom. The summed E-state index contributed by atoms with van der Waals surface area (Å²) in [7, 11) is 3.84. The lowest BCUT2D eigenvalue weighted by molar-refractivity contribution is -0.135. The molecule has 1 heterocycles. The summed E-state index contributed by atoms with van der Waals surface area (Å²) in [5.41, 5.74) is 0. The van der Waals surface area contributed by atoms with E-state index in [0.717, 1.165) is 12.5 Å². The van der Waals surface area contributed by atoms with Crippen LogP contribution >= 0.6 is 0 Å². The number of ether oxygens (including phenoxy) is 1. The van der Waals surface area contributed by atoms with Crippen LogP contribution in [0, 0.1) is 11.8 Å². The SMILES string of the molecule is CNC1COCC1C(=O)N(C)CC1CCCC1. The topological polar surface area (TPSA) is 41.6 Å². The molecule has 98 valence electrons. The van der Waals surface area contributed by atoms with Crippen LogP contribution < -0.4 is 5.32 Å². The molecule has 2 atom stereocenters. The summed E-state index contributed by atoms with van der Waals surface area (Å²) in [6.07, 6.45) is 5.24. The van der Waals surface area contributed by atoms with Crippen molar-refractivity contribution >= 4 is 5.91 Å². The van der Waals surface area contributed by atoms with Gasteiger partial charge in [0, 0.05) is 19.6 Å². The molecule has 0 bridgehead atoms. The predicted molar refractivity (Wildman–Crippen MR) is 66.8 cm³/mol. The minimum absolute atomic E-state index is 0.00593.